The maximum absolute atomic E-state index is 13.9. The summed E-state index contributed by atoms with van der Waals surface area (Å²) in [5.41, 5.74) is 2.07. The molecular formula is C28H24F2N4O5. The van der Waals surface area contributed by atoms with Gasteiger partial charge in [-0.2, -0.15) is 18.9 Å². The highest BCUT2D eigenvalue weighted by Crippen LogP contribution is 2.27. The number of halogens is 2. The Labute approximate surface area is 221 Å². The Morgan fingerprint density at radius 1 is 0.974 bits per heavy atom. The lowest BCUT2D eigenvalue weighted by Crippen LogP contribution is -2.21. The summed E-state index contributed by atoms with van der Waals surface area (Å²) in [6, 6.07) is 16.4. The minimum atomic E-state index is -2.96. The number of hydrogen-bond acceptors (Lipinski definition) is 7. The predicted molar refractivity (Wildman–Crippen MR) is 141 cm³/mol. The third-order valence-electron chi connectivity index (χ3n) is 5.90. The van der Waals surface area contributed by atoms with Gasteiger partial charge in [0.05, 0.1) is 24.4 Å². The van der Waals surface area contributed by atoms with Crippen LogP contribution < -0.4 is 15.0 Å². The van der Waals surface area contributed by atoms with Crippen LogP contribution in [0.1, 0.15) is 13.8 Å². The van der Waals surface area contributed by atoms with E-state index in [1.165, 1.54) is 33.5 Å². The van der Waals surface area contributed by atoms with Crippen LogP contribution in [0.4, 0.5) is 8.78 Å². The zero-order valence-corrected chi connectivity index (χ0v) is 21.1. The molecule has 0 spiro atoms. The predicted octanol–water partition coefficient (Wildman–Crippen LogP) is 4.97. The van der Waals surface area contributed by atoms with E-state index in [0.717, 1.165) is 5.39 Å². The highest BCUT2D eigenvalue weighted by Gasteiger charge is 2.16. The number of fused-ring (bicyclic) bond motifs is 2. The molecule has 0 aliphatic carbocycles. The first kappa shape index (κ1) is 25.8. The topological polar surface area (TPSA) is 97.5 Å². The normalized spacial score (nSPS) is 11.3. The van der Waals surface area contributed by atoms with Gasteiger partial charge in [-0.3, -0.25) is 18.8 Å². The van der Waals surface area contributed by atoms with E-state index in [1.807, 2.05) is 13.0 Å². The molecule has 9 nitrogen and oxygen atoms in total. The van der Waals surface area contributed by atoms with Gasteiger partial charge in [0.15, 0.2) is 5.65 Å². The average molecular weight is 535 g/mol. The molecule has 0 fully saturated rings. The molecule has 5 rings (SSSR count). The van der Waals surface area contributed by atoms with Gasteiger partial charge in [0, 0.05) is 28.6 Å². The summed E-state index contributed by atoms with van der Waals surface area (Å²) < 4.78 is 43.2. The Hall–Kier alpha value is -4.80. The maximum atomic E-state index is 13.9. The van der Waals surface area contributed by atoms with E-state index in [-0.39, 0.29) is 24.5 Å². The zero-order chi connectivity index (χ0) is 27.5. The molecule has 2 aromatic carbocycles. The summed E-state index contributed by atoms with van der Waals surface area (Å²) in [5.74, 6) is -0.0821. The van der Waals surface area contributed by atoms with Gasteiger partial charge in [-0.1, -0.05) is 6.07 Å². The van der Waals surface area contributed by atoms with Crippen molar-refractivity contribution in [2.45, 2.75) is 27.0 Å². The highest BCUT2D eigenvalue weighted by atomic mass is 19.3. The van der Waals surface area contributed by atoms with Crippen LogP contribution in [0.15, 0.2) is 71.7 Å². The van der Waals surface area contributed by atoms with Crippen LogP contribution >= 0.6 is 0 Å². The molecule has 0 radical (unpaired) electrons. The van der Waals surface area contributed by atoms with Crippen molar-refractivity contribution in [2.24, 2.45) is 0 Å². The summed E-state index contributed by atoms with van der Waals surface area (Å²) in [4.78, 5) is 30.3. The molecule has 0 aliphatic heterocycles. The second kappa shape index (κ2) is 10.9. The molecule has 0 amide bonds. The third kappa shape index (κ3) is 5.42. The van der Waals surface area contributed by atoms with Crippen LogP contribution in [0.5, 0.6) is 11.6 Å². The monoisotopic (exact) mass is 534 g/mol. The summed E-state index contributed by atoms with van der Waals surface area (Å²) in [6.07, 6.45) is 1.72. The lowest BCUT2D eigenvalue weighted by molar-refractivity contribution is -0.144. The van der Waals surface area contributed by atoms with Crippen molar-refractivity contribution in [3.8, 4) is 28.4 Å². The first-order valence-electron chi connectivity index (χ1n) is 12.2. The van der Waals surface area contributed by atoms with Crippen LogP contribution in [-0.2, 0) is 16.1 Å². The maximum Gasteiger partial charge on any atom is 0.387 e. The second-order valence-corrected chi connectivity index (χ2v) is 8.47. The number of carbonyl (C=O) groups is 1. The number of benzene rings is 2. The Kier molecular flexibility index (Phi) is 7.22. The van der Waals surface area contributed by atoms with E-state index >= 15 is 0 Å². The molecule has 0 N–H and O–H groups in total. The van der Waals surface area contributed by atoms with Gasteiger partial charge in [0.25, 0.3) is 5.56 Å². The van der Waals surface area contributed by atoms with E-state index in [0.29, 0.717) is 45.9 Å². The Morgan fingerprint density at radius 3 is 2.49 bits per heavy atom. The number of nitrogens with zero attached hydrogens (tertiary/aromatic N) is 4. The summed E-state index contributed by atoms with van der Waals surface area (Å²) in [5, 5.41) is 5.81. The van der Waals surface area contributed by atoms with Crippen LogP contribution in [-0.4, -0.2) is 45.1 Å². The molecule has 0 unspecified atom stereocenters. The molecule has 200 valence electrons. The van der Waals surface area contributed by atoms with Crippen molar-refractivity contribution >= 4 is 27.9 Å². The van der Waals surface area contributed by atoms with E-state index in [2.05, 4.69) is 14.8 Å². The molecular weight excluding hydrogens is 510 g/mol. The molecule has 3 aromatic heterocycles. The Balaban J connectivity index is 1.64. The summed E-state index contributed by atoms with van der Waals surface area (Å²) >= 11 is 0. The molecule has 0 saturated heterocycles. The van der Waals surface area contributed by atoms with Crippen molar-refractivity contribution in [1.29, 1.82) is 0 Å². The Morgan fingerprint density at radius 2 is 1.77 bits per heavy atom. The number of hydrogen-bond donors (Lipinski definition) is 0. The molecule has 3 heterocycles. The second-order valence-electron chi connectivity index (χ2n) is 8.47. The van der Waals surface area contributed by atoms with Gasteiger partial charge in [0.1, 0.15) is 12.3 Å². The number of ether oxygens (including phenoxy) is 3. The number of rotatable bonds is 9. The van der Waals surface area contributed by atoms with E-state index in [1.54, 1.807) is 43.5 Å². The third-order valence-corrected chi connectivity index (χ3v) is 5.90. The van der Waals surface area contributed by atoms with Gasteiger partial charge in [-0.15, -0.1) is 0 Å². The molecule has 0 aliphatic rings. The highest BCUT2D eigenvalue weighted by molar-refractivity contribution is 5.88. The number of aromatic nitrogens is 4. The number of esters is 1. The zero-order valence-electron chi connectivity index (χ0n) is 21.1. The SMILES string of the molecule is CCOC(=O)Cn1cc2cc(-c3cc4ccc(OCC)nc4n(-c4ccc(OC(F)F)cc4)c3=O)ccc2n1. The quantitative estimate of drug-likeness (QED) is 0.247. The fraction of sp³-hybridized carbons (Fsp3) is 0.214. The lowest BCUT2D eigenvalue weighted by atomic mass is 10.0. The summed E-state index contributed by atoms with van der Waals surface area (Å²) in [6.45, 7) is 1.24. The number of alkyl halides is 2. The lowest BCUT2D eigenvalue weighted by Gasteiger charge is -2.14. The molecule has 0 atom stereocenters. The van der Waals surface area contributed by atoms with Gasteiger partial charge >= 0.3 is 12.6 Å². The number of pyridine rings is 2. The van der Waals surface area contributed by atoms with E-state index in [4.69, 9.17) is 9.47 Å². The number of carbonyl (C=O) groups excluding carboxylic acids is 1. The molecule has 11 heteroatoms. The minimum Gasteiger partial charge on any atom is -0.478 e. The fourth-order valence-corrected chi connectivity index (χ4v) is 4.28. The van der Waals surface area contributed by atoms with Crippen LogP contribution in [0.25, 0.3) is 38.8 Å². The van der Waals surface area contributed by atoms with Gasteiger partial charge < -0.3 is 14.2 Å². The largest absolute Gasteiger partial charge is 0.478 e. The minimum absolute atomic E-state index is 0.0280. The van der Waals surface area contributed by atoms with Crippen molar-refractivity contribution in [3.05, 3.63) is 77.2 Å². The fourth-order valence-electron chi connectivity index (χ4n) is 4.28. The Bertz CT molecular complexity index is 1710. The van der Waals surface area contributed by atoms with E-state index in [9.17, 15) is 18.4 Å². The van der Waals surface area contributed by atoms with Crippen LogP contribution in [0.2, 0.25) is 0 Å². The van der Waals surface area contributed by atoms with Crippen LogP contribution in [0.3, 0.4) is 0 Å². The standard InChI is InChI=1S/C28H24F2N4O5/c1-3-37-24-12-6-18-14-22(17-5-11-23-19(13-17)15-33(32-23)16-25(35)38-4-2)27(36)34(26(18)31-24)20-7-9-21(10-8-20)39-28(29)30/h5-15,28H,3-4,16H2,1-2H3. The molecule has 39 heavy (non-hydrogen) atoms. The van der Waals surface area contributed by atoms with Gasteiger partial charge in [0.2, 0.25) is 5.88 Å². The van der Waals surface area contributed by atoms with Gasteiger partial charge in [-0.05, 0) is 67.9 Å². The van der Waals surface area contributed by atoms with Crippen molar-refractivity contribution in [1.82, 2.24) is 19.3 Å². The van der Waals surface area contributed by atoms with Crippen molar-refractivity contribution in [3.63, 3.8) is 0 Å². The molecule has 5 aromatic rings. The molecule has 0 saturated carbocycles. The van der Waals surface area contributed by atoms with Gasteiger partial charge in [-0.25, -0.2) is 0 Å². The van der Waals surface area contributed by atoms with Crippen LogP contribution in [0, 0.1) is 0 Å². The first-order chi connectivity index (χ1) is 18.9. The first-order valence-corrected chi connectivity index (χ1v) is 12.2. The van der Waals surface area contributed by atoms with Crippen molar-refractivity contribution in [2.75, 3.05) is 13.2 Å². The smallest absolute Gasteiger partial charge is 0.387 e. The summed E-state index contributed by atoms with van der Waals surface area (Å²) in [7, 11) is 0. The molecule has 0 bridgehead atoms. The van der Waals surface area contributed by atoms with Crippen molar-refractivity contribution < 1.29 is 27.8 Å². The average Bonchev–Trinajstić information content (AvgIpc) is 3.30. The van der Waals surface area contributed by atoms with E-state index < -0.39 is 12.6 Å².